The highest BCUT2D eigenvalue weighted by Gasteiger charge is 2.23. The van der Waals surface area contributed by atoms with Crippen LogP contribution in [0, 0.1) is 0 Å². The Morgan fingerprint density at radius 2 is 0.486 bits per heavy atom. The summed E-state index contributed by atoms with van der Waals surface area (Å²) in [5, 5.41) is 28.4. The molecule has 0 fully saturated rings. The van der Waals surface area contributed by atoms with E-state index < -0.39 is 0 Å². The van der Waals surface area contributed by atoms with Gasteiger partial charge in [-0.2, -0.15) is 0 Å². The third-order valence-electron chi connectivity index (χ3n) is 23.2. The highest BCUT2D eigenvalue weighted by atomic mass is 79.9. The van der Waals surface area contributed by atoms with Crippen LogP contribution in [-0.2, 0) is 6.42 Å². The van der Waals surface area contributed by atoms with Gasteiger partial charge in [-0.1, -0.05) is 307 Å². The van der Waals surface area contributed by atoms with Crippen molar-refractivity contribution < 1.29 is 0 Å². The number of aromatic nitrogens is 3. The number of fused-ring (bicyclic) bond motifs is 28. The molecule has 3 aromatic heterocycles. The van der Waals surface area contributed by atoms with E-state index in [-0.39, 0.29) is 0 Å². The average Bonchev–Trinajstić information content (AvgIpc) is 1.51. The Morgan fingerprint density at radius 3 is 0.963 bits per heavy atom. The summed E-state index contributed by atoms with van der Waals surface area (Å²) in [6.45, 7) is 0. The van der Waals surface area contributed by atoms with Crippen LogP contribution in [0.4, 0.5) is 0 Å². The van der Waals surface area contributed by atoms with E-state index in [1.807, 2.05) is 0 Å². The molecule has 0 spiro atoms. The largest absolute Gasteiger partial charge is 0.309 e. The maximum absolute atomic E-state index is 3.77. The zero-order chi connectivity index (χ0) is 71.8. The first-order valence-electron chi connectivity index (χ1n) is 37.6. The number of nitrogens with zero attached hydrogens (tertiary/aromatic N) is 3. The summed E-state index contributed by atoms with van der Waals surface area (Å²) in [6.07, 6.45) is 1.04. The molecule has 109 heavy (non-hydrogen) atoms. The number of hydrogen-bond donors (Lipinski definition) is 0. The van der Waals surface area contributed by atoms with Crippen molar-refractivity contribution >= 4 is 168 Å². The fraction of sp³-hybridized carbons (Fsp3) is 0.00952. The molecule has 0 saturated heterocycles. The van der Waals surface area contributed by atoms with Gasteiger partial charge in [0.2, 0.25) is 0 Å². The van der Waals surface area contributed by atoms with Crippen molar-refractivity contribution in [2.75, 3.05) is 0 Å². The summed E-state index contributed by atoms with van der Waals surface area (Å²) >= 11 is 3.77. The van der Waals surface area contributed by atoms with Gasteiger partial charge in [0.1, 0.15) is 0 Å². The Labute approximate surface area is 637 Å². The Bertz CT molecular complexity index is 7710. The maximum Gasteiger partial charge on any atom is 0.0547 e. The molecule has 1 aliphatic rings. The van der Waals surface area contributed by atoms with E-state index in [4.69, 9.17) is 0 Å². The summed E-state index contributed by atoms with van der Waals surface area (Å²) in [5.41, 5.74) is 21.5. The topological polar surface area (TPSA) is 14.8 Å². The van der Waals surface area contributed by atoms with Crippen LogP contribution < -0.4 is 0 Å². The van der Waals surface area contributed by atoms with Crippen LogP contribution in [0.3, 0.4) is 0 Å². The van der Waals surface area contributed by atoms with Crippen molar-refractivity contribution in [1.82, 2.24) is 13.7 Å². The Morgan fingerprint density at radius 1 is 0.183 bits per heavy atom. The summed E-state index contributed by atoms with van der Waals surface area (Å²) in [7, 11) is 0. The van der Waals surface area contributed by atoms with Gasteiger partial charge in [-0.25, -0.2) is 0 Å². The van der Waals surface area contributed by atoms with Crippen molar-refractivity contribution in [3.05, 3.63) is 404 Å². The van der Waals surface area contributed by atoms with Gasteiger partial charge in [0.05, 0.1) is 38.8 Å². The minimum absolute atomic E-state index is 1.04. The molecule has 23 aromatic rings. The Kier molecular flexibility index (Phi) is 14.5. The summed E-state index contributed by atoms with van der Waals surface area (Å²) in [6, 6.07) is 142. The number of halogens is 1. The molecule has 0 aliphatic heterocycles. The van der Waals surface area contributed by atoms with Crippen LogP contribution in [-0.4, -0.2) is 13.7 Å². The predicted molar refractivity (Wildman–Crippen MR) is 469 cm³/mol. The van der Waals surface area contributed by atoms with Crippen molar-refractivity contribution in [1.29, 1.82) is 0 Å². The Hall–Kier alpha value is -13.6. The lowest BCUT2D eigenvalue weighted by molar-refractivity contribution is 1.18. The fourth-order valence-electron chi connectivity index (χ4n) is 18.4. The van der Waals surface area contributed by atoms with E-state index in [9.17, 15) is 0 Å². The molecule has 0 atom stereocenters. The smallest absolute Gasteiger partial charge is 0.0547 e. The van der Waals surface area contributed by atoms with E-state index in [0.717, 1.165) is 10.9 Å². The molecule has 0 N–H and O–H groups in total. The molecule has 0 saturated carbocycles. The molecular formula is C105H66BrN3. The first-order chi connectivity index (χ1) is 54.0. The summed E-state index contributed by atoms with van der Waals surface area (Å²) in [5.74, 6) is 0. The highest BCUT2D eigenvalue weighted by molar-refractivity contribution is 9.10. The van der Waals surface area contributed by atoms with Crippen molar-refractivity contribution in [2.24, 2.45) is 0 Å². The van der Waals surface area contributed by atoms with Crippen LogP contribution in [0.5, 0.6) is 0 Å². The van der Waals surface area contributed by atoms with Crippen LogP contribution in [0.1, 0.15) is 11.1 Å². The predicted octanol–water partition coefficient (Wildman–Crippen LogP) is 29.2. The van der Waals surface area contributed by atoms with Gasteiger partial charge >= 0.3 is 0 Å². The SMILES string of the molecule is Brc1cc2c3ccccc3c3ccccc3c2c2ccccc12.c1ccc(-n2c3ccccc3c3cc(-c4ccc5c(c4)-c4ccccc4C5)ccc32)cc1.c1ccc(-n2c3ccccc3c3cc(-c4ccc5c(c4)c4ccccc4n5-c4cc5c6ccccc6c6ccccc6c5c5ccccc45)ccc32)cc1. The average molecular weight is 1450 g/mol. The normalized spacial score (nSPS) is 12.0. The maximum atomic E-state index is 3.77. The fourth-order valence-corrected chi connectivity index (χ4v) is 19.0. The zero-order valence-electron chi connectivity index (χ0n) is 59.4. The highest BCUT2D eigenvalue weighted by Crippen LogP contribution is 2.47. The quantitative estimate of drug-likeness (QED) is 0.153. The van der Waals surface area contributed by atoms with E-state index in [2.05, 4.69) is 418 Å². The molecule has 0 unspecified atom stereocenters. The molecular weight excluding hydrogens is 1380 g/mol. The molecule has 4 heteroatoms. The van der Waals surface area contributed by atoms with Gasteiger partial charge in [0.15, 0.2) is 0 Å². The molecule has 3 nitrogen and oxygen atoms in total. The summed E-state index contributed by atoms with van der Waals surface area (Å²) in [4.78, 5) is 0. The minimum Gasteiger partial charge on any atom is -0.309 e. The molecule has 508 valence electrons. The number of rotatable bonds is 5. The van der Waals surface area contributed by atoms with Crippen LogP contribution in [0.25, 0.3) is 202 Å². The van der Waals surface area contributed by atoms with Crippen molar-refractivity contribution in [3.8, 4) is 50.4 Å². The lowest BCUT2D eigenvalue weighted by Gasteiger charge is -2.17. The number of benzene rings is 20. The third-order valence-corrected chi connectivity index (χ3v) is 23.8. The van der Waals surface area contributed by atoms with Gasteiger partial charge < -0.3 is 13.7 Å². The van der Waals surface area contributed by atoms with Gasteiger partial charge in [-0.3, -0.25) is 0 Å². The molecule has 24 rings (SSSR count). The molecule has 20 aromatic carbocycles. The lowest BCUT2D eigenvalue weighted by Crippen LogP contribution is -1.97. The van der Waals surface area contributed by atoms with Crippen molar-refractivity contribution in [3.63, 3.8) is 0 Å². The first-order valence-corrected chi connectivity index (χ1v) is 38.4. The molecule has 0 radical (unpaired) electrons. The van der Waals surface area contributed by atoms with Crippen LogP contribution >= 0.6 is 15.9 Å². The molecule has 0 bridgehead atoms. The van der Waals surface area contributed by atoms with E-state index in [1.165, 1.54) is 213 Å². The second-order valence-corrected chi connectivity index (χ2v) is 29.9. The minimum atomic E-state index is 1.04. The standard InChI is InChI=1S/C52H32N2.C31H21N.C22H13Br/c1-2-14-35(15-3-1)53-47-24-12-10-20-40(47)44-30-33(26-28-49(44)53)34-27-29-50-45(31-34)41-21-11-13-25-48(41)54(50)51-32-46-38-18-5-4-16-36(38)37-17-6-8-22-42(37)52(46)43-23-9-7-19-39(43)51;1-2-9-25(10-3-1)32-30-13-7-6-12-27(30)29-20-22(16-17-31(29)32)21-14-15-24-18-23-8-4-5-11-26(23)28(24)19-21;23-21-13-20-16-9-2-1-7-14(16)15-8-3-5-11-18(15)22(20)19-12-6-4-10-17(19)21/h1-32H;1-17,19-20H,18H2;1-13H. The second-order valence-electron chi connectivity index (χ2n) is 29.0. The van der Waals surface area contributed by atoms with Gasteiger partial charge in [0.25, 0.3) is 0 Å². The van der Waals surface area contributed by atoms with Crippen molar-refractivity contribution in [2.45, 2.75) is 6.42 Å². The van der Waals surface area contributed by atoms with E-state index >= 15 is 0 Å². The van der Waals surface area contributed by atoms with E-state index in [1.54, 1.807) is 0 Å². The van der Waals surface area contributed by atoms with Gasteiger partial charge in [-0.15, -0.1) is 0 Å². The molecule has 1 aliphatic carbocycles. The first kappa shape index (κ1) is 62.7. The number of para-hydroxylation sites is 5. The van der Waals surface area contributed by atoms with Gasteiger partial charge in [0, 0.05) is 53.6 Å². The van der Waals surface area contributed by atoms with E-state index in [0.29, 0.717) is 0 Å². The third kappa shape index (κ3) is 9.95. The summed E-state index contributed by atoms with van der Waals surface area (Å²) < 4.78 is 8.40. The zero-order valence-corrected chi connectivity index (χ0v) is 61.0. The van der Waals surface area contributed by atoms with Crippen LogP contribution in [0.15, 0.2) is 393 Å². The van der Waals surface area contributed by atoms with Crippen LogP contribution in [0.2, 0.25) is 0 Å². The van der Waals surface area contributed by atoms with Gasteiger partial charge in [-0.05, 0) is 229 Å². The Balaban J connectivity index is 0.000000112. The monoisotopic (exact) mass is 1450 g/mol. The molecule has 0 amide bonds. The second kappa shape index (κ2) is 25.3. The lowest BCUT2D eigenvalue weighted by atomic mass is 9.90. The molecule has 3 heterocycles. The number of hydrogen-bond acceptors (Lipinski definition) is 0.